The van der Waals surface area contributed by atoms with Crippen LogP contribution < -0.4 is 16.4 Å². The molecule has 0 radical (unpaired) electrons. The summed E-state index contributed by atoms with van der Waals surface area (Å²) < 4.78 is 0. The zero-order valence-electron chi connectivity index (χ0n) is 16.4. The molecule has 1 fully saturated rings. The Morgan fingerprint density at radius 2 is 2.30 bits per heavy atom. The number of aliphatic imine (C=N–C) groups is 1. The van der Waals surface area contributed by atoms with E-state index in [9.17, 15) is 4.79 Å². The molecule has 1 aromatic heterocycles. The van der Waals surface area contributed by atoms with E-state index in [0.717, 1.165) is 75.9 Å². The zero-order valence-corrected chi connectivity index (χ0v) is 19.5. The minimum atomic E-state index is -0.165. The number of likely N-dealkylation sites (tertiary alicyclic amines) is 1. The first-order chi connectivity index (χ1) is 12.6. The molecule has 4 N–H and O–H groups in total. The van der Waals surface area contributed by atoms with Crippen molar-refractivity contribution in [2.75, 3.05) is 39.3 Å². The van der Waals surface area contributed by atoms with Gasteiger partial charge in [0.15, 0.2) is 5.96 Å². The molecule has 0 bridgehead atoms. The monoisotopic (exact) mass is 508 g/mol. The van der Waals surface area contributed by atoms with Gasteiger partial charge in [-0.25, -0.2) is 4.98 Å². The lowest BCUT2D eigenvalue weighted by atomic mass is 9.97. The number of rotatable bonds is 9. The van der Waals surface area contributed by atoms with Crippen LogP contribution in [0.3, 0.4) is 0 Å². The Balaban J connectivity index is 0.00000364. The molecule has 1 saturated heterocycles. The third-order valence-electron chi connectivity index (χ3n) is 4.45. The predicted octanol–water partition coefficient (Wildman–Crippen LogP) is 1.75. The molecule has 1 unspecified atom stereocenters. The highest BCUT2D eigenvalue weighted by Crippen LogP contribution is 2.16. The molecule has 0 spiro atoms. The Labute approximate surface area is 183 Å². The van der Waals surface area contributed by atoms with E-state index in [1.807, 2.05) is 6.20 Å². The number of hydrogen-bond donors (Lipinski definition) is 3. The first kappa shape index (κ1) is 24.1. The van der Waals surface area contributed by atoms with E-state index in [2.05, 4.69) is 39.4 Å². The summed E-state index contributed by atoms with van der Waals surface area (Å²) in [4.78, 5) is 24.0. The molecule has 27 heavy (non-hydrogen) atoms. The van der Waals surface area contributed by atoms with Crippen molar-refractivity contribution in [2.45, 2.75) is 39.5 Å². The van der Waals surface area contributed by atoms with Crippen molar-refractivity contribution >= 4 is 47.2 Å². The van der Waals surface area contributed by atoms with E-state index >= 15 is 0 Å². The third kappa shape index (κ3) is 9.20. The maximum Gasteiger partial charge on any atom is 0.221 e. The molecule has 0 aliphatic carbocycles. The smallest absolute Gasteiger partial charge is 0.221 e. The molecule has 1 atom stereocenters. The first-order valence-electron chi connectivity index (χ1n) is 9.53. The Bertz CT molecular complexity index is 594. The van der Waals surface area contributed by atoms with E-state index in [1.54, 1.807) is 11.3 Å². The highest BCUT2D eigenvalue weighted by atomic mass is 127. The van der Waals surface area contributed by atoms with Crippen molar-refractivity contribution in [1.82, 2.24) is 20.5 Å². The molecule has 7 nitrogen and oxygen atoms in total. The second-order valence-corrected chi connectivity index (χ2v) is 8.02. The maximum atomic E-state index is 11.3. The van der Waals surface area contributed by atoms with Crippen LogP contribution >= 0.6 is 35.3 Å². The van der Waals surface area contributed by atoms with Crippen LogP contribution in [0.2, 0.25) is 0 Å². The number of carbonyl (C=O) groups is 1. The van der Waals surface area contributed by atoms with Gasteiger partial charge in [0.05, 0.1) is 10.9 Å². The van der Waals surface area contributed by atoms with Gasteiger partial charge in [0, 0.05) is 43.7 Å². The zero-order chi connectivity index (χ0) is 18.8. The molecule has 2 heterocycles. The van der Waals surface area contributed by atoms with E-state index < -0.39 is 0 Å². The summed E-state index contributed by atoms with van der Waals surface area (Å²) in [5.41, 5.74) is 5.44. The third-order valence-corrected chi connectivity index (χ3v) is 5.43. The number of piperidine rings is 1. The van der Waals surface area contributed by atoms with Crippen molar-refractivity contribution in [1.29, 1.82) is 0 Å². The number of guanidine groups is 1. The van der Waals surface area contributed by atoms with Gasteiger partial charge in [0.1, 0.15) is 0 Å². The molecule has 0 saturated carbocycles. The van der Waals surface area contributed by atoms with Gasteiger partial charge < -0.3 is 21.3 Å². The quantitative estimate of drug-likeness (QED) is 0.205. The van der Waals surface area contributed by atoms with Crippen molar-refractivity contribution in [3.8, 4) is 0 Å². The number of primary amides is 1. The topological polar surface area (TPSA) is 95.6 Å². The van der Waals surface area contributed by atoms with Crippen LogP contribution in [0.5, 0.6) is 0 Å². The average molecular weight is 508 g/mol. The number of carbonyl (C=O) groups excluding carboxylic acids is 1. The van der Waals surface area contributed by atoms with Gasteiger partial charge in [-0.05, 0) is 46.2 Å². The average Bonchev–Trinajstić information content (AvgIpc) is 3.04. The van der Waals surface area contributed by atoms with Crippen LogP contribution in [0.15, 0.2) is 11.2 Å². The van der Waals surface area contributed by atoms with Crippen LogP contribution in [-0.4, -0.2) is 61.0 Å². The minimum Gasteiger partial charge on any atom is -0.369 e. The summed E-state index contributed by atoms with van der Waals surface area (Å²) in [6, 6.07) is 0. The molecule has 9 heteroatoms. The largest absolute Gasteiger partial charge is 0.369 e. The molecule has 0 aromatic carbocycles. The van der Waals surface area contributed by atoms with Gasteiger partial charge in [-0.15, -0.1) is 35.3 Å². The lowest BCUT2D eigenvalue weighted by Gasteiger charge is -2.30. The summed E-state index contributed by atoms with van der Waals surface area (Å²) in [6.07, 6.45) is 5.79. The SMILES string of the molecule is CCNC(=NCCCN1CCCC(C(N)=O)C1)NCCc1ncc(C)s1.I. The first-order valence-corrected chi connectivity index (χ1v) is 10.3. The summed E-state index contributed by atoms with van der Waals surface area (Å²) in [5, 5.41) is 7.80. The fraction of sp³-hybridized carbons (Fsp3) is 0.722. The normalized spacial score (nSPS) is 18.0. The van der Waals surface area contributed by atoms with E-state index in [4.69, 9.17) is 5.73 Å². The number of thiazole rings is 1. The summed E-state index contributed by atoms with van der Waals surface area (Å²) in [5.74, 6) is 0.706. The highest BCUT2D eigenvalue weighted by molar-refractivity contribution is 14.0. The highest BCUT2D eigenvalue weighted by Gasteiger charge is 2.23. The minimum absolute atomic E-state index is 0. The molecular weight excluding hydrogens is 475 g/mol. The number of aryl methyl sites for hydroxylation is 1. The van der Waals surface area contributed by atoms with Crippen LogP contribution in [0.25, 0.3) is 0 Å². The van der Waals surface area contributed by atoms with Gasteiger partial charge in [-0.2, -0.15) is 0 Å². The Morgan fingerprint density at radius 1 is 1.48 bits per heavy atom. The molecule has 1 aliphatic rings. The molecule has 154 valence electrons. The Kier molecular flexibility index (Phi) is 11.8. The number of nitrogens with two attached hydrogens (primary N) is 1. The predicted molar refractivity (Wildman–Crippen MR) is 123 cm³/mol. The van der Waals surface area contributed by atoms with E-state index in [-0.39, 0.29) is 35.8 Å². The summed E-state index contributed by atoms with van der Waals surface area (Å²) >= 11 is 1.74. The maximum absolute atomic E-state index is 11.3. The molecular formula is C18H33IN6OS. The van der Waals surface area contributed by atoms with Crippen molar-refractivity contribution in [3.05, 3.63) is 16.1 Å². The number of halogens is 1. The van der Waals surface area contributed by atoms with Gasteiger partial charge in [-0.3, -0.25) is 9.79 Å². The Morgan fingerprint density at radius 3 is 2.96 bits per heavy atom. The fourth-order valence-corrected chi connectivity index (χ4v) is 3.91. The molecule has 2 rings (SSSR count). The second kappa shape index (κ2) is 13.3. The molecule has 1 aromatic rings. The molecule has 1 aliphatic heterocycles. The van der Waals surface area contributed by atoms with Crippen molar-refractivity contribution in [2.24, 2.45) is 16.6 Å². The fourth-order valence-electron chi connectivity index (χ4n) is 3.12. The summed E-state index contributed by atoms with van der Waals surface area (Å²) in [7, 11) is 0. The lowest BCUT2D eigenvalue weighted by molar-refractivity contribution is -0.123. The number of aromatic nitrogens is 1. The number of hydrogen-bond acceptors (Lipinski definition) is 5. The second-order valence-electron chi connectivity index (χ2n) is 6.70. The number of amides is 1. The van der Waals surface area contributed by atoms with Gasteiger partial charge in [0.25, 0.3) is 0 Å². The summed E-state index contributed by atoms with van der Waals surface area (Å²) in [6.45, 7) is 9.39. The number of nitrogens with zero attached hydrogens (tertiary/aromatic N) is 3. The van der Waals surface area contributed by atoms with Crippen molar-refractivity contribution in [3.63, 3.8) is 0 Å². The number of nitrogens with one attached hydrogen (secondary N) is 2. The molecule has 1 amide bonds. The van der Waals surface area contributed by atoms with Crippen molar-refractivity contribution < 1.29 is 4.79 Å². The van der Waals surface area contributed by atoms with E-state index in [0.29, 0.717) is 0 Å². The van der Waals surface area contributed by atoms with Crippen LogP contribution in [-0.2, 0) is 11.2 Å². The van der Waals surface area contributed by atoms with Gasteiger partial charge >= 0.3 is 0 Å². The van der Waals surface area contributed by atoms with E-state index in [1.165, 1.54) is 4.88 Å². The lowest BCUT2D eigenvalue weighted by Crippen LogP contribution is -2.41. The standard InChI is InChI=1S/C18H32N6OS.HI/c1-3-20-18(22-9-7-16-23-12-14(2)26-16)21-8-5-11-24-10-4-6-15(13-24)17(19)25;/h12,15H,3-11,13H2,1-2H3,(H2,19,25)(H2,20,21,22);1H. The Hall–Kier alpha value is -0.940. The van der Waals surface area contributed by atoms with Crippen LogP contribution in [0.4, 0.5) is 0 Å². The van der Waals surface area contributed by atoms with Gasteiger partial charge in [0.2, 0.25) is 5.91 Å². The van der Waals surface area contributed by atoms with Crippen LogP contribution in [0.1, 0.15) is 36.1 Å². The van der Waals surface area contributed by atoms with Crippen LogP contribution in [0, 0.1) is 12.8 Å². The van der Waals surface area contributed by atoms with Gasteiger partial charge in [-0.1, -0.05) is 0 Å².